The van der Waals surface area contributed by atoms with Gasteiger partial charge in [-0.2, -0.15) is 0 Å². The lowest BCUT2D eigenvalue weighted by Gasteiger charge is -2.16. The van der Waals surface area contributed by atoms with Crippen molar-refractivity contribution in [2.45, 2.75) is 18.3 Å². The van der Waals surface area contributed by atoms with Crippen LogP contribution in [0.1, 0.15) is 0 Å². The summed E-state index contributed by atoms with van der Waals surface area (Å²) in [6, 6.07) is 0. The summed E-state index contributed by atoms with van der Waals surface area (Å²) < 4.78 is 15.2. The molecule has 0 N–H and O–H groups in total. The number of carbonyl (C=O) groups is 1. The molecule has 0 radical (unpaired) electrons. The fraction of sp³-hybridized carbons (Fsp3) is 0.857. The molecule has 0 aromatic carbocycles. The van der Waals surface area contributed by atoms with Gasteiger partial charge in [-0.1, -0.05) is 0 Å². The van der Waals surface area contributed by atoms with Crippen molar-refractivity contribution in [3.8, 4) is 0 Å². The summed E-state index contributed by atoms with van der Waals surface area (Å²) in [6.45, 7) is 0.429. The highest BCUT2D eigenvalue weighted by molar-refractivity contribution is 5.58. The maximum absolute atomic E-state index is 10.4. The summed E-state index contributed by atoms with van der Waals surface area (Å²) in [6.07, 6.45) is -0.0923. The monoisotopic (exact) mass is 160 g/mol. The van der Waals surface area contributed by atoms with Crippen LogP contribution in [0, 0.1) is 0 Å². The van der Waals surface area contributed by atoms with Crippen LogP contribution in [0.25, 0.3) is 0 Å². The summed E-state index contributed by atoms with van der Waals surface area (Å²) in [5, 5.41) is 0. The van der Waals surface area contributed by atoms with E-state index in [4.69, 9.17) is 14.2 Å². The maximum Gasteiger partial charge on any atom is 0.151 e. The van der Waals surface area contributed by atoms with Gasteiger partial charge >= 0.3 is 0 Å². The van der Waals surface area contributed by atoms with E-state index in [2.05, 4.69) is 0 Å². The molecule has 0 bridgehead atoms. The molecule has 0 spiro atoms. The first-order valence-corrected chi connectivity index (χ1v) is 3.46. The Labute approximate surface area is 65.4 Å². The topological polar surface area (TPSA) is 44.8 Å². The first kappa shape index (κ1) is 8.64. The number of methoxy groups -OCH3 is 2. The van der Waals surface area contributed by atoms with E-state index in [1.54, 1.807) is 14.2 Å². The molecule has 1 aliphatic heterocycles. The molecular weight excluding hydrogens is 148 g/mol. The molecule has 1 saturated heterocycles. The van der Waals surface area contributed by atoms with Crippen molar-refractivity contribution in [1.82, 2.24) is 0 Å². The summed E-state index contributed by atoms with van der Waals surface area (Å²) in [5.41, 5.74) is 0. The molecule has 0 aromatic rings. The third kappa shape index (κ3) is 1.58. The van der Waals surface area contributed by atoms with Crippen molar-refractivity contribution in [2.24, 2.45) is 0 Å². The quantitative estimate of drug-likeness (QED) is 0.528. The lowest BCUT2D eigenvalue weighted by atomic mass is 10.2. The van der Waals surface area contributed by atoms with Gasteiger partial charge in [0.1, 0.15) is 18.3 Å². The normalized spacial score (nSPS) is 37.5. The lowest BCUT2D eigenvalue weighted by molar-refractivity contribution is -0.120. The molecule has 0 amide bonds. The zero-order valence-electron chi connectivity index (χ0n) is 6.65. The van der Waals surface area contributed by atoms with Gasteiger partial charge < -0.3 is 19.0 Å². The molecule has 0 aromatic heterocycles. The fourth-order valence-electron chi connectivity index (χ4n) is 1.21. The van der Waals surface area contributed by atoms with Gasteiger partial charge in [0.05, 0.1) is 6.61 Å². The van der Waals surface area contributed by atoms with E-state index in [0.717, 1.165) is 6.29 Å². The summed E-state index contributed by atoms with van der Waals surface area (Å²) in [5.74, 6) is 0. The second-order valence-electron chi connectivity index (χ2n) is 2.41. The van der Waals surface area contributed by atoms with E-state index in [1.165, 1.54) is 0 Å². The van der Waals surface area contributed by atoms with Gasteiger partial charge in [0.25, 0.3) is 0 Å². The first-order chi connectivity index (χ1) is 5.33. The standard InChI is InChI=1S/C7H12O4/c1-9-6-4-11-5(3-8)7(6)10-2/h3,5-7H,4H2,1-2H3/t5-,6+,7+/m1/s1. The summed E-state index contributed by atoms with van der Waals surface area (Å²) >= 11 is 0. The SMILES string of the molecule is CO[C@@H]1[C@@H](OC)CO[C@@H]1C=O. The van der Waals surface area contributed by atoms with Crippen LogP contribution in [0.15, 0.2) is 0 Å². The van der Waals surface area contributed by atoms with Crippen LogP contribution in [0.4, 0.5) is 0 Å². The number of carbonyl (C=O) groups excluding carboxylic acids is 1. The molecule has 1 aliphatic rings. The number of hydrogen-bond donors (Lipinski definition) is 0. The van der Waals surface area contributed by atoms with E-state index in [0.29, 0.717) is 6.61 Å². The van der Waals surface area contributed by atoms with Gasteiger partial charge in [0, 0.05) is 14.2 Å². The minimum atomic E-state index is -0.468. The minimum Gasteiger partial charge on any atom is -0.376 e. The largest absolute Gasteiger partial charge is 0.376 e. The minimum absolute atomic E-state index is 0.116. The van der Waals surface area contributed by atoms with Gasteiger partial charge in [-0.15, -0.1) is 0 Å². The van der Waals surface area contributed by atoms with Crippen molar-refractivity contribution >= 4 is 6.29 Å². The van der Waals surface area contributed by atoms with Crippen molar-refractivity contribution in [3.05, 3.63) is 0 Å². The second-order valence-corrected chi connectivity index (χ2v) is 2.41. The molecule has 4 heteroatoms. The van der Waals surface area contributed by atoms with Gasteiger partial charge in [-0.3, -0.25) is 0 Å². The molecule has 4 nitrogen and oxygen atoms in total. The lowest BCUT2D eigenvalue weighted by Crippen LogP contribution is -2.34. The highest BCUT2D eigenvalue weighted by Crippen LogP contribution is 2.17. The van der Waals surface area contributed by atoms with Crippen molar-refractivity contribution in [2.75, 3.05) is 20.8 Å². The second kappa shape index (κ2) is 3.80. The Balaban J connectivity index is 2.54. The van der Waals surface area contributed by atoms with Crippen molar-refractivity contribution < 1.29 is 19.0 Å². The van der Waals surface area contributed by atoms with Crippen LogP contribution in [0.5, 0.6) is 0 Å². The molecule has 1 heterocycles. The predicted molar refractivity (Wildman–Crippen MR) is 37.4 cm³/mol. The molecule has 3 atom stereocenters. The molecule has 1 fully saturated rings. The molecule has 64 valence electrons. The zero-order valence-corrected chi connectivity index (χ0v) is 6.65. The molecule has 11 heavy (non-hydrogen) atoms. The Morgan fingerprint density at radius 2 is 2.18 bits per heavy atom. The van der Waals surface area contributed by atoms with Gasteiger partial charge in [-0.25, -0.2) is 0 Å². The highest BCUT2D eigenvalue weighted by atomic mass is 16.6. The van der Waals surface area contributed by atoms with Crippen LogP contribution < -0.4 is 0 Å². The van der Waals surface area contributed by atoms with Crippen LogP contribution in [0.2, 0.25) is 0 Å². The molecule has 0 unspecified atom stereocenters. The Morgan fingerprint density at radius 3 is 2.64 bits per heavy atom. The Bertz CT molecular complexity index is 136. The highest BCUT2D eigenvalue weighted by Gasteiger charge is 2.37. The average Bonchev–Trinajstić information content (AvgIpc) is 2.45. The third-order valence-corrected chi connectivity index (χ3v) is 1.85. The van der Waals surface area contributed by atoms with Crippen LogP contribution in [0.3, 0.4) is 0 Å². The molecule has 0 aliphatic carbocycles. The molecule has 0 saturated carbocycles. The summed E-state index contributed by atoms with van der Waals surface area (Å²) in [4.78, 5) is 10.4. The van der Waals surface area contributed by atoms with Gasteiger partial charge in [-0.05, 0) is 0 Å². The number of aldehydes is 1. The molecular formula is C7H12O4. The zero-order chi connectivity index (χ0) is 8.27. The van der Waals surface area contributed by atoms with E-state index >= 15 is 0 Å². The Morgan fingerprint density at radius 1 is 1.45 bits per heavy atom. The van der Waals surface area contributed by atoms with E-state index in [9.17, 15) is 4.79 Å². The van der Waals surface area contributed by atoms with E-state index in [-0.39, 0.29) is 12.2 Å². The summed E-state index contributed by atoms with van der Waals surface area (Å²) in [7, 11) is 3.12. The van der Waals surface area contributed by atoms with Gasteiger partial charge in [0.2, 0.25) is 0 Å². The van der Waals surface area contributed by atoms with Crippen LogP contribution in [-0.4, -0.2) is 45.4 Å². The average molecular weight is 160 g/mol. The molecule has 1 rings (SSSR count). The number of rotatable bonds is 3. The smallest absolute Gasteiger partial charge is 0.151 e. The van der Waals surface area contributed by atoms with Crippen molar-refractivity contribution in [1.29, 1.82) is 0 Å². The third-order valence-electron chi connectivity index (χ3n) is 1.85. The van der Waals surface area contributed by atoms with Crippen LogP contribution >= 0.6 is 0 Å². The van der Waals surface area contributed by atoms with Crippen LogP contribution in [-0.2, 0) is 19.0 Å². The van der Waals surface area contributed by atoms with Crippen molar-refractivity contribution in [3.63, 3.8) is 0 Å². The Hall–Kier alpha value is -0.450. The first-order valence-electron chi connectivity index (χ1n) is 3.46. The predicted octanol–water partition coefficient (Wildman–Crippen LogP) is -0.386. The van der Waals surface area contributed by atoms with Gasteiger partial charge in [0.15, 0.2) is 6.29 Å². The fourth-order valence-corrected chi connectivity index (χ4v) is 1.21. The maximum atomic E-state index is 10.4. The number of hydrogen-bond acceptors (Lipinski definition) is 4. The number of ether oxygens (including phenoxy) is 3. The Kier molecular flexibility index (Phi) is 2.99. The van der Waals surface area contributed by atoms with E-state index in [1.807, 2.05) is 0 Å². The van der Waals surface area contributed by atoms with E-state index < -0.39 is 6.10 Å².